The maximum absolute atomic E-state index is 12.0. The lowest BCUT2D eigenvalue weighted by Crippen LogP contribution is -2.35. The monoisotopic (exact) mass is 394 g/mol. The van der Waals surface area contributed by atoms with Crippen LogP contribution in [0.2, 0.25) is 5.02 Å². The number of amides is 1. The first-order valence-corrected chi connectivity index (χ1v) is 10.6. The molecule has 0 atom stereocenters. The minimum Gasteiger partial charge on any atom is -0.352 e. The molecule has 5 nitrogen and oxygen atoms in total. The molecule has 0 heterocycles. The van der Waals surface area contributed by atoms with Crippen molar-refractivity contribution >= 4 is 27.5 Å². The fourth-order valence-electron chi connectivity index (χ4n) is 2.46. The molecule has 1 N–H and O–H groups in total. The summed E-state index contributed by atoms with van der Waals surface area (Å²) in [4.78, 5) is 12.0. The van der Waals surface area contributed by atoms with Gasteiger partial charge < -0.3 is 5.32 Å². The highest BCUT2D eigenvalue weighted by molar-refractivity contribution is 7.88. The fourth-order valence-corrected chi connectivity index (χ4v) is 3.43. The quantitative estimate of drug-likeness (QED) is 0.711. The van der Waals surface area contributed by atoms with E-state index < -0.39 is 10.0 Å². The molecule has 0 saturated heterocycles. The zero-order chi connectivity index (χ0) is 19.0. The summed E-state index contributed by atoms with van der Waals surface area (Å²) in [7, 11) is -3.38. The summed E-state index contributed by atoms with van der Waals surface area (Å²) in [5.74, 6) is -0.172. The number of halogens is 1. The second-order valence-corrected chi connectivity index (χ2v) is 8.47. The van der Waals surface area contributed by atoms with Crippen molar-refractivity contribution in [3.63, 3.8) is 0 Å². The normalized spacial score (nSPS) is 11.5. The number of hydrogen-bond donors (Lipinski definition) is 1. The van der Waals surface area contributed by atoms with Crippen molar-refractivity contribution in [3.05, 3.63) is 70.7 Å². The SMILES string of the molecule is CS(=O)(=O)N(CCC(=O)NCc1ccccc1)CCc1ccc(Cl)cc1. The minimum atomic E-state index is -3.38. The summed E-state index contributed by atoms with van der Waals surface area (Å²) in [5.41, 5.74) is 2.00. The second kappa shape index (κ2) is 9.71. The van der Waals surface area contributed by atoms with Gasteiger partial charge in [0.25, 0.3) is 0 Å². The van der Waals surface area contributed by atoms with Crippen molar-refractivity contribution in [2.45, 2.75) is 19.4 Å². The van der Waals surface area contributed by atoms with E-state index in [1.165, 1.54) is 4.31 Å². The number of hydrogen-bond acceptors (Lipinski definition) is 3. The molecule has 0 radical (unpaired) electrons. The molecule has 0 aliphatic rings. The Morgan fingerprint density at radius 2 is 1.65 bits per heavy atom. The van der Waals surface area contributed by atoms with Crippen LogP contribution in [0.3, 0.4) is 0 Å². The lowest BCUT2D eigenvalue weighted by atomic mass is 10.1. The Hall–Kier alpha value is -1.89. The van der Waals surface area contributed by atoms with E-state index in [-0.39, 0.29) is 18.9 Å². The molecule has 2 aromatic rings. The molecule has 0 aliphatic carbocycles. The van der Waals surface area contributed by atoms with Crippen LogP contribution in [0.25, 0.3) is 0 Å². The summed E-state index contributed by atoms with van der Waals surface area (Å²) in [6.45, 7) is 0.919. The van der Waals surface area contributed by atoms with E-state index in [0.717, 1.165) is 17.4 Å². The molecule has 140 valence electrons. The van der Waals surface area contributed by atoms with Crippen LogP contribution in [-0.2, 0) is 27.8 Å². The van der Waals surface area contributed by atoms with Gasteiger partial charge in [-0.25, -0.2) is 12.7 Å². The van der Waals surface area contributed by atoms with Gasteiger partial charge in [-0.3, -0.25) is 4.79 Å². The van der Waals surface area contributed by atoms with Gasteiger partial charge >= 0.3 is 0 Å². The molecular formula is C19H23ClN2O3S. The molecular weight excluding hydrogens is 372 g/mol. The number of benzene rings is 2. The van der Waals surface area contributed by atoms with E-state index in [2.05, 4.69) is 5.32 Å². The van der Waals surface area contributed by atoms with Crippen LogP contribution in [-0.4, -0.2) is 38.0 Å². The Bertz CT molecular complexity index is 808. The molecule has 1 amide bonds. The van der Waals surface area contributed by atoms with Crippen molar-refractivity contribution in [1.29, 1.82) is 0 Å². The third kappa shape index (κ3) is 7.15. The molecule has 7 heteroatoms. The topological polar surface area (TPSA) is 66.5 Å². The van der Waals surface area contributed by atoms with Gasteiger partial charge in [0.15, 0.2) is 0 Å². The average molecular weight is 395 g/mol. The van der Waals surface area contributed by atoms with Crippen LogP contribution in [0.4, 0.5) is 0 Å². The molecule has 26 heavy (non-hydrogen) atoms. The van der Waals surface area contributed by atoms with Crippen LogP contribution < -0.4 is 5.32 Å². The van der Waals surface area contributed by atoms with Gasteiger partial charge in [0.2, 0.25) is 15.9 Å². The fraction of sp³-hybridized carbons (Fsp3) is 0.316. The third-order valence-corrected chi connectivity index (χ3v) is 5.51. The van der Waals surface area contributed by atoms with Gasteiger partial charge in [-0.15, -0.1) is 0 Å². The first-order valence-electron chi connectivity index (χ1n) is 8.35. The summed E-state index contributed by atoms with van der Waals surface area (Å²) in [6.07, 6.45) is 1.85. The standard InChI is InChI=1S/C19H23ClN2O3S/c1-26(24,25)22(13-11-16-7-9-18(20)10-8-16)14-12-19(23)21-15-17-5-3-2-4-6-17/h2-10H,11-15H2,1H3,(H,21,23). The van der Waals surface area contributed by atoms with E-state index in [1.54, 1.807) is 12.1 Å². The predicted molar refractivity (Wildman–Crippen MR) is 104 cm³/mol. The van der Waals surface area contributed by atoms with Gasteiger partial charge in [0.1, 0.15) is 0 Å². The van der Waals surface area contributed by atoms with Gasteiger partial charge in [0.05, 0.1) is 6.26 Å². The summed E-state index contributed by atoms with van der Waals surface area (Å²) >= 11 is 5.85. The van der Waals surface area contributed by atoms with Crippen LogP contribution >= 0.6 is 11.6 Å². The van der Waals surface area contributed by atoms with E-state index >= 15 is 0 Å². The van der Waals surface area contributed by atoms with Crippen LogP contribution in [0.5, 0.6) is 0 Å². The molecule has 0 bridgehead atoms. The zero-order valence-electron chi connectivity index (χ0n) is 14.7. The van der Waals surface area contributed by atoms with Crippen LogP contribution in [0.15, 0.2) is 54.6 Å². The summed E-state index contributed by atoms with van der Waals surface area (Å²) in [6, 6.07) is 16.9. The predicted octanol–water partition coefficient (Wildman–Crippen LogP) is 2.85. The van der Waals surface area contributed by atoms with Crippen molar-refractivity contribution in [3.8, 4) is 0 Å². The Balaban J connectivity index is 1.83. The minimum absolute atomic E-state index is 0.126. The molecule has 2 rings (SSSR count). The number of nitrogens with one attached hydrogen (secondary N) is 1. The molecule has 0 unspecified atom stereocenters. The highest BCUT2D eigenvalue weighted by Gasteiger charge is 2.17. The Morgan fingerprint density at radius 3 is 2.27 bits per heavy atom. The van der Waals surface area contributed by atoms with E-state index in [9.17, 15) is 13.2 Å². The lowest BCUT2D eigenvalue weighted by Gasteiger charge is -2.19. The maximum atomic E-state index is 12.0. The molecule has 0 saturated carbocycles. The van der Waals surface area contributed by atoms with Crippen molar-refractivity contribution < 1.29 is 13.2 Å². The van der Waals surface area contributed by atoms with Gasteiger partial charge in [0, 0.05) is 31.1 Å². The maximum Gasteiger partial charge on any atom is 0.221 e. The van der Waals surface area contributed by atoms with Crippen LogP contribution in [0.1, 0.15) is 17.5 Å². The Kier molecular flexibility index (Phi) is 7.63. The first-order chi connectivity index (χ1) is 12.3. The molecule has 0 spiro atoms. The Labute approximate surface area is 160 Å². The number of carbonyl (C=O) groups excluding carboxylic acids is 1. The van der Waals surface area contributed by atoms with E-state index in [0.29, 0.717) is 24.5 Å². The van der Waals surface area contributed by atoms with Crippen LogP contribution in [0, 0.1) is 0 Å². The number of carbonyl (C=O) groups is 1. The highest BCUT2D eigenvalue weighted by atomic mass is 35.5. The third-order valence-electron chi connectivity index (χ3n) is 3.95. The number of sulfonamides is 1. The van der Waals surface area contributed by atoms with Gasteiger partial charge in [-0.2, -0.15) is 0 Å². The first kappa shape index (κ1) is 20.4. The second-order valence-electron chi connectivity index (χ2n) is 6.05. The largest absolute Gasteiger partial charge is 0.352 e. The zero-order valence-corrected chi connectivity index (χ0v) is 16.3. The Morgan fingerprint density at radius 1 is 1.00 bits per heavy atom. The number of rotatable bonds is 9. The summed E-state index contributed by atoms with van der Waals surface area (Å²) < 4.78 is 25.3. The lowest BCUT2D eigenvalue weighted by molar-refractivity contribution is -0.121. The van der Waals surface area contributed by atoms with Gasteiger partial charge in [-0.1, -0.05) is 54.1 Å². The molecule has 0 fully saturated rings. The summed E-state index contributed by atoms with van der Waals surface area (Å²) in [5, 5.41) is 3.45. The number of nitrogens with zero attached hydrogens (tertiary/aromatic N) is 1. The molecule has 0 aromatic heterocycles. The molecule has 0 aliphatic heterocycles. The van der Waals surface area contributed by atoms with E-state index in [4.69, 9.17) is 11.6 Å². The average Bonchev–Trinajstić information content (AvgIpc) is 2.61. The van der Waals surface area contributed by atoms with Crippen molar-refractivity contribution in [2.24, 2.45) is 0 Å². The smallest absolute Gasteiger partial charge is 0.221 e. The van der Waals surface area contributed by atoms with E-state index in [1.807, 2.05) is 42.5 Å². The van der Waals surface area contributed by atoms with Gasteiger partial charge in [-0.05, 0) is 29.7 Å². The van der Waals surface area contributed by atoms with Crippen molar-refractivity contribution in [1.82, 2.24) is 9.62 Å². The molecule has 2 aromatic carbocycles. The van der Waals surface area contributed by atoms with Crippen molar-refractivity contribution in [2.75, 3.05) is 19.3 Å². The highest BCUT2D eigenvalue weighted by Crippen LogP contribution is 2.11.